The molecule has 4 rings (SSSR count). The van der Waals surface area contributed by atoms with Crippen molar-refractivity contribution in [1.29, 1.82) is 0 Å². The van der Waals surface area contributed by atoms with Crippen molar-refractivity contribution >= 4 is 23.5 Å². The Morgan fingerprint density at radius 3 is 2.36 bits per heavy atom. The monoisotopic (exact) mass is 477 g/mol. The number of carbonyl (C=O) groups is 1. The van der Waals surface area contributed by atoms with Crippen molar-refractivity contribution in [1.82, 2.24) is 9.80 Å². The van der Waals surface area contributed by atoms with Gasteiger partial charge in [0.15, 0.2) is 6.04 Å². The van der Waals surface area contributed by atoms with Gasteiger partial charge in [0.25, 0.3) is 0 Å². The molecule has 2 amide bonds. The zero-order chi connectivity index (χ0) is 23.8. The fourth-order valence-corrected chi connectivity index (χ4v) is 5.81. The largest absolute Gasteiger partial charge is 0.413 e. The summed E-state index contributed by atoms with van der Waals surface area (Å²) in [6.07, 6.45) is -3.71. The Kier molecular flexibility index (Phi) is 6.58. The molecule has 4 nitrogen and oxygen atoms in total. The van der Waals surface area contributed by atoms with Crippen molar-refractivity contribution in [3.05, 3.63) is 65.2 Å². The number of carbonyl (C=O) groups excluding carboxylic acids is 1. The first-order chi connectivity index (χ1) is 15.6. The van der Waals surface area contributed by atoms with Crippen LogP contribution in [0.25, 0.3) is 0 Å². The van der Waals surface area contributed by atoms with Gasteiger partial charge in [-0.15, -0.1) is 0 Å². The van der Waals surface area contributed by atoms with Gasteiger partial charge in [0, 0.05) is 48.8 Å². The summed E-state index contributed by atoms with van der Waals surface area (Å²) >= 11 is 1.71. The second-order valence-electron chi connectivity index (χ2n) is 9.34. The molecule has 1 saturated heterocycles. The van der Waals surface area contributed by atoms with Crippen molar-refractivity contribution in [3.8, 4) is 0 Å². The molecule has 1 N–H and O–H groups in total. The van der Waals surface area contributed by atoms with E-state index in [1.807, 2.05) is 12.1 Å². The lowest BCUT2D eigenvalue weighted by Crippen LogP contribution is -2.49. The van der Waals surface area contributed by atoms with Crippen LogP contribution in [0.15, 0.2) is 48.5 Å². The SMILES string of the molecule is CN(C(=O)N1CCSCC1)C(c1ccc(NC2Cc3ccccc3C2(C)C)cc1)C(F)(F)F. The molecule has 0 radical (unpaired) electrons. The van der Waals surface area contributed by atoms with E-state index in [1.54, 1.807) is 23.9 Å². The lowest BCUT2D eigenvalue weighted by Gasteiger charge is -2.36. The summed E-state index contributed by atoms with van der Waals surface area (Å²) in [4.78, 5) is 15.1. The average molecular weight is 478 g/mol. The summed E-state index contributed by atoms with van der Waals surface area (Å²) in [6, 6.07) is 12.2. The number of anilines is 1. The molecule has 33 heavy (non-hydrogen) atoms. The number of alkyl halides is 3. The van der Waals surface area contributed by atoms with Crippen molar-refractivity contribution in [2.45, 2.75) is 43.9 Å². The summed E-state index contributed by atoms with van der Waals surface area (Å²) in [5, 5.41) is 3.51. The summed E-state index contributed by atoms with van der Waals surface area (Å²) in [5.74, 6) is 1.50. The molecule has 0 bridgehead atoms. The molecule has 2 aliphatic rings. The van der Waals surface area contributed by atoms with Gasteiger partial charge in [-0.05, 0) is 35.2 Å². The van der Waals surface area contributed by atoms with Crippen LogP contribution in [-0.4, -0.2) is 59.7 Å². The molecule has 0 saturated carbocycles. The molecule has 1 aliphatic carbocycles. The van der Waals surface area contributed by atoms with Gasteiger partial charge < -0.3 is 15.1 Å². The number of fused-ring (bicyclic) bond motifs is 1. The quantitative estimate of drug-likeness (QED) is 0.613. The van der Waals surface area contributed by atoms with E-state index in [0.717, 1.165) is 28.5 Å². The smallest absolute Gasteiger partial charge is 0.381 e. The highest BCUT2D eigenvalue weighted by Gasteiger charge is 2.46. The van der Waals surface area contributed by atoms with Gasteiger partial charge in [0.2, 0.25) is 0 Å². The van der Waals surface area contributed by atoms with Gasteiger partial charge in [-0.3, -0.25) is 0 Å². The lowest BCUT2D eigenvalue weighted by atomic mass is 9.83. The average Bonchev–Trinajstić information content (AvgIpc) is 3.04. The van der Waals surface area contributed by atoms with Crippen LogP contribution in [0.2, 0.25) is 0 Å². The maximum absolute atomic E-state index is 14.0. The van der Waals surface area contributed by atoms with Crippen molar-refractivity contribution in [2.24, 2.45) is 0 Å². The van der Waals surface area contributed by atoms with Crippen LogP contribution in [0.5, 0.6) is 0 Å². The number of benzene rings is 2. The minimum atomic E-state index is -4.57. The van der Waals surface area contributed by atoms with E-state index in [4.69, 9.17) is 0 Å². The molecule has 0 spiro atoms. The van der Waals surface area contributed by atoms with Crippen molar-refractivity contribution < 1.29 is 18.0 Å². The summed E-state index contributed by atoms with van der Waals surface area (Å²) in [6.45, 7) is 5.32. The Morgan fingerprint density at radius 1 is 1.12 bits per heavy atom. The molecule has 8 heteroatoms. The molecule has 1 fully saturated rings. The standard InChI is InChI=1S/C25H30F3N3OS/c1-24(2)20-7-5-4-6-18(20)16-21(24)29-19-10-8-17(9-11-19)22(25(26,27)28)30(3)23(32)31-12-14-33-15-13-31/h4-11,21-22,29H,12-16H2,1-3H3. The van der Waals surface area contributed by atoms with Crippen LogP contribution in [-0.2, 0) is 11.8 Å². The number of halogens is 3. The van der Waals surface area contributed by atoms with E-state index < -0.39 is 18.2 Å². The highest BCUT2D eigenvalue weighted by molar-refractivity contribution is 7.99. The topological polar surface area (TPSA) is 35.6 Å². The minimum Gasteiger partial charge on any atom is -0.381 e. The maximum Gasteiger partial charge on any atom is 0.413 e. The molecule has 2 unspecified atom stereocenters. The Labute approximate surface area is 197 Å². The van der Waals surface area contributed by atoms with E-state index in [2.05, 4.69) is 31.3 Å². The highest BCUT2D eigenvalue weighted by Crippen LogP contribution is 2.41. The number of nitrogens with zero attached hydrogens (tertiary/aromatic N) is 2. The van der Waals surface area contributed by atoms with Gasteiger partial charge >= 0.3 is 12.2 Å². The first-order valence-corrected chi connectivity index (χ1v) is 12.4. The number of urea groups is 1. The van der Waals surface area contributed by atoms with Crippen LogP contribution < -0.4 is 5.32 Å². The zero-order valence-electron chi connectivity index (χ0n) is 19.2. The Balaban J connectivity index is 1.51. The third-order valence-electron chi connectivity index (χ3n) is 6.85. The van der Waals surface area contributed by atoms with Crippen LogP contribution >= 0.6 is 11.8 Å². The Bertz CT molecular complexity index is 987. The molecule has 2 aromatic carbocycles. The number of nitrogens with one attached hydrogen (secondary N) is 1. The second kappa shape index (κ2) is 9.12. The van der Waals surface area contributed by atoms with E-state index in [1.165, 1.54) is 35.2 Å². The van der Waals surface area contributed by atoms with Crippen LogP contribution in [0.3, 0.4) is 0 Å². The number of thioether (sulfide) groups is 1. The molecule has 2 aromatic rings. The lowest BCUT2D eigenvalue weighted by molar-refractivity contribution is -0.176. The molecular weight excluding hydrogens is 447 g/mol. The van der Waals surface area contributed by atoms with E-state index >= 15 is 0 Å². The molecule has 1 aliphatic heterocycles. The summed E-state index contributed by atoms with van der Waals surface area (Å²) in [5.41, 5.74) is 3.33. The Morgan fingerprint density at radius 2 is 1.76 bits per heavy atom. The first kappa shape index (κ1) is 23.8. The van der Waals surface area contributed by atoms with Crippen molar-refractivity contribution in [3.63, 3.8) is 0 Å². The predicted octanol–water partition coefficient (Wildman–Crippen LogP) is 5.71. The normalized spacial score (nSPS) is 20.8. The van der Waals surface area contributed by atoms with Crippen LogP contribution in [0.1, 0.15) is 36.6 Å². The number of hydrogen-bond donors (Lipinski definition) is 1. The highest BCUT2D eigenvalue weighted by atomic mass is 32.2. The molecule has 1 heterocycles. The van der Waals surface area contributed by atoms with Gasteiger partial charge in [0.1, 0.15) is 0 Å². The third kappa shape index (κ3) is 4.81. The third-order valence-corrected chi connectivity index (χ3v) is 7.80. The van der Waals surface area contributed by atoms with Gasteiger partial charge in [-0.2, -0.15) is 24.9 Å². The van der Waals surface area contributed by atoms with Gasteiger partial charge in [0.05, 0.1) is 0 Å². The van der Waals surface area contributed by atoms with E-state index in [-0.39, 0.29) is 17.0 Å². The maximum atomic E-state index is 14.0. The fraction of sp³-hybridized carbons (Fsp3) is 0.480. The zero-order valence-corrected chi connectivity index (χ0v) is 20.0. The number of hydrogen-bond acceptors (Lipinski definition) is 3. The van der Waals surface area contributed by atoms with E-state index in [0.29, 0.717) is 13.1 Å². The van der Waals surface area contributed by atoms with Gasteiger partial charge in [-0.25, -0.2) is 4.79 Å². The number of rotatable bonds is 4. The molecule has 0 aromatic heterocycles. The first-order valence-electron chi connectivity index (χ1n) is 11.2. The predicted molar refractivity (Wildman–Crippen MR) is 128 cm³/mol. The van der Waals surface area contributed by atoms with Gasteiger partial charge in [-0.1, -0.05) is 50.2 Å². The van der Waals surface area contributed by atoms with Crippen LogP contribution in [0.4, 0.5) is 23.7 Å². The summed E-state index contributed by atoms with van der Waals surface area (Å²) < 4.78 is 42.1. The molecule has 2 atom stereocenters. The summed E-state index contributed by atoms with van der Waals surface area (Å²) in [7, 11) is 1.24. The molecule has 178 valence electrons. The van der Waals surface area contributed by atoms with E-state index in [9.17, 15) is 18.0 Å². The number of amides is 2. The second-order valence-corrected chi connectivity index (χ2v) is 10.6. The van der Waals surface area contributed by atoms with Crippen LogP contribution in [0, 0.1) is 0 Å². The fourth-order valence-electron chi connectivity index (χ4n) is 4.90. The Hall–Kier alpha value is -2.35. The van der Waals surface area contributed by atoms with Crippen molar-refractivity contribution in [2.75, 3.05) is 37.0 Å². The molecular formula is C25H30F3N3OS. The minimum absolute atomic E-state index is 0.0595.